The Morgan fingerprint density at radius 2 is 1.94 bits per heavy atom. The molecule has 1 saturated carbocycles. The van der Waals surface area contributed by atoms with Gasteiger partial charge in [0.1, 0.15) is 0 Å². The summed E-state index contributed by atoms with van der Waals surface area (Å²) in [7, 11) is 0. The molecule has 4 nitrogen and oxygen atoms in total. The molecule has 0 aliphatic heterocycles. The summed E-state index contributed by atoms with van der Waals surface area (Å²) in [6.07, 6.45) is -1.77. The molecule has 0 spiro atoms. The molecular formula is C10H17F3N2O2. The molecule has 1 aliphatic carbocycles. The molecule has 0 aromatic carbocycles. The summed E-state index contributed by atoms with van der Waals surface area (Å²) < 4.78 is 35.4. The molecule has 1 fully saturated rings. The molecule has 0 bridgehead atoms. The zero-order valence-electron chi connectivity index (χ0n) is 9.39. The highest BCUT2D eigenvalue weighted by atomic mass is 19.4. The summed E-state index contributed by atoms with van der Waals surface area (Å²) in [6, 6.07) is -0.330. The van der Waals surface area contributed by atoms with Crippen LogP contribution in [-0.2, 0) is 4.79 Å². The highest BCUT2D eigenvalue weighted by Gasteiger charge is 2.27. The van der Waals surface area contributed by atoms with Crippen LogP contribution in [0, 0.1) is 0 Å². The van der Waals surface area contributed by atoms with Crippen LogP contribution in [0.15, 0.2) is 0 Å². The molecule has 7 heteroatoms. The van der Waals surface area contributed by atoms with Crippen molar-refractivity contribution < 1.29 is 23.1 Å². The van der Waals surface area contributed by atoms with Gasteiger partial charge in [0, 0.05) is 0 Å². The van der Waals surface area contributed by atoms with E-state index in [4.69, 9.17) is 0 Å². The Kier molecular flexibility index (Phi) is 5.20. The number of hydrogen-bond donors (Lipinski definition) is 3. The van der Waals surface area contributed by atoms with Gasteiger partial charge < -0.3 is 15.7 Å². The van der Waals surface area contributed by atoms with Crippen LogP contribution in [-0.4, -0.2) is 42.4 Å². The molecule has 2 atom stereocenters. The zero-order chi connectivity index (χ0) is 12.9. The average Bonchev–Trinajstić information content (AvgIpc) is 2.19. The lowest BCUT2D eigenvalue weighted by Crippen LogP contribution is -2.48. The standard InChI is InChI=1S/C10H17F3N2O2/c11-10(12,13)6-14-5-9(17)15-7-3-1-2-4-8(7)16/h7-8,14,16H,1-6H2,(H,15,17). The molecule has 0 heterocycles. The number of nitrogens with one attached hydrogen (secondary N) is 2. The number of halogens is 3. The van der Waals surface area contributed by atoms with E-state index >= 15 is 0 Å². The van der Waals surface area contributed by atoms with Crippen LogP contribution in [0.2, 0.25) is 0 Å². The lowest BCUT2D eigenvalue weighted by molar-refractivity contribution is -0.129. The van der Waals surface area contributed by atoms with Gasteiger partial charge in [0.05, 0.1) is 25.2 Å². The van der Waals surface area contributed by atoms with E-state index in [-0.39, 0.29) is 12.6 Å². The van der Waals surface area contributed by atoms with Crippen molar-refractivity contribution in [2.24, 2.45) is 0 Å². The van der Waals surface area contributed by atoms with Gasteiger partial charge in [-0.05, 0) is 12.8 Å². The fourth-order valence-electron chi connectivity index (χ4n) is 1.86. The Labute approximate surface area is 97.6 Å². The van der Waals surface area contributed by atoms with Crippen molar-refractivity contribution in [1.82, 2.24) is 10.6 Å². The summed E-state index contributed by atoms with van der Waals surface area (Å²) in [6.45, 7) is -1.57. The highest BCUT2D eigenvalue weighted by molar-refractivity contribution is 5.78. The summed E-state index contributed by atoms with van der Waals surface area (Å²) >= 11 is 0. The highest BCUT2D eigenvalue weighted by Crippen LogP contribution is 2.18. The van der Waals surface area contributed by atoms with Crippen molar-refractivity contribution in [3.8, 4) is 0 Å². The van der Waals surface area contributed by atoms with Crippen molar-refractivity contribution in [2.45, 2.75) is 44.0 Å². The minimum atomic E-state index is -4.31. The van der Waals surface area contributed by atoms with Gasteiger partial charge in [-0.15, -0.1) is 0 Å². The quantitative estimate of drug-likeness (QED) is 0.687. The molecule has 0 saturated heterocycles. The van der Waals surface area contributed by atoms with E-state index in [2.05, 4.69) is 5.32 Å². The Balaban J connectivity index is 2.20. The van der Waals surface area contributed by atoms with E-state index in [0.717, 1.165) is 12.8 Å². The maximum absolute atomic E-state index is 11.8. The maximum atomic E-state index is 11.8. The number of amides is 1. The van der Waals surface area contributed by atoms with Crippen molar-refractivity contribution in [2.75, 3.05) is 13.1 Å². The summed E-state index contributed by atoms with van der Waals surface area (Å²) in [5, 5.41) is 14.1. The van der Waals surface area contributed by atoms with E-state index < -0.39 is 24.7 Å². The maximum Gasteiger partial charge on any atom is 0.401 e. The van der Waals surface area contributed by atoms with Gasteiger partial charge in [-0.1, -0.05) is 12.8 Å². The first kappa shape index (κ1) is 14.2. The minimum absolute atomic E-state index is 0.330. The number of hydrogen-bond acceptors (Lipinski definition) is 3. The first-order valence-electron chi connectivity index (χ1n) is 5.63. The SMILES string of the molecule is O=C(CNCC(F)(F)F)NC1CCCCC1O. The molecule has 17 heavy (non-hydrogen) atoms. The second kappa shape index (κ2) is 6.20. The van der Waals surface area contributed by atoms with Gasteiger partial charge in [0.2, 0.25) is 5.91 Å². The molecule has 1 amide bonds. The van der Waals surface area contributed by atoms with Gasteiger partial charge in [-0.25, -0.2) is 0 Å². The topological polar surface area (TPSA) is 61.4 Å². The van der Waals surface area contributed by atoms with Crippen LogP contribution < -0.4 is 10.6 Å². The minimum Gasteiger partial charge on any atom is -0.391 e. The van der Waals surface area contributed by atoms with Crippen LogP contribution in [0.4, 0.5) is 13.2 Å². The second-order valence-corrected chi connectivity index (χ2v) is 4.24. The van der Waals surface area contributed by atoms with Gasteiger partial charge in [-0.2, -0.15) is 13.2 Å². The first-order valence-corrected chi connectivity index (χ1v) is 5.63. The molecule has 3 N–H and O–H groups in total. The van der Waals surface area contributed by atoms with Crippen molar-refractivity contribution >= 4 is 5.91 Å². The smallest absolute Gasteiger partial charge is 0.391 e. The number of carbonyl (C=O) groups is 1. The van der Waals surface area contributed by atoms with E-state index in [1.165, 1.54) is 0 Å². The summed E-state index contributed by atoms with van der Waals surface area (Å²) in [4.78, 5) is 11.3. The Morgan fingerprint density at radius 1 is 1.29 bits per heavy atom. The van der Waals surface area contributed by atoms with Crippen LogP contribution in [0.5, 0.6) is 0 Å². The molecule has 1 rings (SSSR count). The molecule has 2 unspecified atom stereocenters. The number of rotatable bonds is 4. The van der Waals surface area contributed by atoms with Crippen molar-refractivity contribution in [3.05, 3.63) is 0 Å². The normalized spacial score (nSPS) is 25.6. The molecule has 1 aliphatic rings. The van der Waals surface area contributed by atoms with E-state index in [9.17, 15) is 23.1 Å². The Morgan fingerprint density at radius 3 is 2.53 bits per heavy atom. The largest absolute Gasteiger partial charge is 0.401 e. The van der Waals surface area contributed by atoms with E-state index in [1.807, 2.05) is 5.32 Å². The molecule has 0 aromatic rings. The van der Waals surface area contributed by atoms with Gasteiger partial charge in [0.15, 0.2) is 0 Å². The summed E-state index contributed by atoms with van der Waals surface area (Å²) in [5.74, 6) is -0.514. The molecule has 0 aromatic heterocycles. The number of aliphatic hydroxyl groups excluding tert-OH is 1. The number of aliphatic hydroxyl groups is 1. The fourth-order valence-corrected chi connectivity index (χ4v) is 1.86. The zero-order valence-corrected chi connectivity index (χ0v) is 9.39. The number of carbonyl (C=O) groups excluding carboxylic acids is 1. The lowest BCUT2D eigenvalue weighted by atomic mass is 9.92. The van der Waals surface area contributed by atoms with Crippen molar-refractivity contribution in [1.29, 1.82) is 0 Å². The third kappa shape index (κ3) is 5.88. The van der Waals surface area contributed by atoms with E-state index in [0.29, 0.717) is 12.8 Å². The van der Waals surface area contributed by atoms with Crippen molar-refractivity contribution in [3.63, 3.8) is 0 Å². The Hall–Kier alpha value is -0.820. The van der Waals surface area contributed by atoms with Crippen LogP contribution in [0.3, 0.4) is 0 Å². The van der Waals surface area contributed by atoms with Crippen LogP contribution in [0.1, 0.15) is 25.7 Å². The second-order valence-electron chi connectivity index (χ2n) is 4.24. The fraction of sp³-hybridized carbons (Fsp3) is 0.900. The first-order chi connectivity index (χ1) is 7.88. The molecular weight excluding hydrogens is 237 g/mol. The van der Waals surface area contributed by atoms with E-state index in [1.54, 1.807) is 0 Å². The van der Waals surface area contributed by atoms with Gasteiger partial charge in [0.25, 0.3) is 0 Å². The summed E-state index contributed by atoms with van der Waals surface area (Å²) in [5.41, 5.74) is 0. The van der Waals surface area contributed by atoms with Gasteiger partial charge >= 0.3 is 6.18 Å². The molecule has 0 radical (unpaired) electrons. The third-order valence-electron chi connectivity index (χ3n) is 2.69. The lowest BCUT2D eigenvalue weighted by Gasteiger charge is -2.28. The average molecular weight is 254 g/mol. The third-order valence-corrected chi connectivity index (χ3v) is 2.69. The Bertz CT molecular complexity index is 258. The number of alkyl halides is 3. The van der Waals surface area contributed by atoms with Crippen LogP contribution in [0.25, 0.3) is 0 Å². The predicted molar refractivity (Wildman–Crippen MR) is 55.3 cm³/mol. The predicted octanol–water partition coefficient (Wildman–Crippen LogP) is 0.558. The van der Waals surface area contributed by atoms with Gasteiger partial charge in [-0.3, -0.25) is 4.79 Å². The van der Waals surface area contributed by atoms with Crippen LogP contribution >= 0.6 is 0 Å². The molecule has 100 valence electrons. The monoisotopic (exact) mass is 254 g/mol.